The first-order valence-corrected chi connectivity index (χ1v) is 7.32. The highest BCUT2D eigenvalue weighted by Crippen LogP contribution is 2.16. The van der Waals surface area contributed by atoms with Crippen LogP contribution in [0.25, 0.3) is 0 Å². The molecule has 1 aromatic rings. The van der Waals surface area contributed by atoms with E-state index in [1.165, 1.54) is 6.42 Å². The molecule has 0 spiro atoms. The van der Waals surface area contributed by atoms with Crippen LogP contribution in [-0.2, 0) is 11.2 Å². The largest absolute Gasteiger partial charge is 0.352 e. The van der Waals surface area contributed by atoms with Crippen LogP contribution in [0.4, 0.5) is 0 Å². The lowest BCUT2D eigenvalue weighted by molar-refractivity contribution is -0.124. The molecule has 1 aromatic carbocycles. The van der Waals surface area contributed by atoms with Crippen LogP contribution in [0.15, 0.2) is 24.3 Å². The fourth-order valence-corrected chi connectivity index (χ4v) is 2.68. The topological polar surface area (TPSA) is 41.1 Å². The van der Waals surface area contributed by atoms with Gasteiger partial charge in [0.25, 0.3) is 0 Å². The summed E-state index contributed by atoms with van der Waals surface area (Å²) >= 11 is 6.13. The van der Waals surface area contributed by atoms with E-state index in [0.717, 1.165) is 36.4 Å². The molecule has 1 aliphatic heterocycles. The highest BCUT2D eigenvalue weighted by molar-refractivity contribution is 6.31. The van der Waals surface area contributed by atoms with Gasteiger partial charge in [0.15, 0.2) is 0 Å². The summed E-state index contributed by atoms with van der Waals surface area (Å²) in [6.45, 7) is 2.96. The van der Waals surface area contributed by atoms with Crippen molar-refractivity contribution in [2.75, 3.05) is 6.54 Å². The Balaban J connectivity index is 1.85. The van der Waals surface area contributed by atoms with Gasteiger partial charge in [-0.1, -0.05) is 36.2 Å². The van der Waals surface area contributed by atoms with E-state index in [1.807, 2.05) is 31.2 Å². The maximum Gasteiger partial charge on any atom is 0.237 e. The maximum absolute atomic E-state index is 12.1. The molecule has 0 aliphatic carbocycles. The zero-order valence-electron chi connectivity index (χ0n) is 11.3. The van der Waals surface area contributed by atoms with Crippen molar-refractivity contribution < 1.29 is 4.79 Å². The van der Waals surface area contributed by atoms with Gasteiger partial charge in [0.05, 0.1) is 6.04 Å². The first-order valence-electron chi connectivity index (χ1n) is 6.94. The van der Waals surface area contributed by atoms with Crippen molar-refractivity contribution in [2.45, 2.75) is 44.7 Å². The third-order valence-corrected chi connectivity index (χ3v) is 3.87. The molecule has 2 atom stereocenters. The average Bonchev–Trinajstić information content (AvgIpc) is 2.42. The van der Waals surface area contributed by atoms with E-state index in [0.29, 0.717) is 0 Å². The SMILES string of the molecule is CC(Cc1ccccc1Cl)NC(=O)C1CCCCN1. The summed E-state index contributed by atoms with van der Waals surface area (Å²) in [4.78, 5) is 12.1. The summed E-state index contributed by atoms with van der Waals surface area (Å²) in [5.74, 6) is 0.110. The lowest BCUT2D eigenvalue weighted by Crippen LogP contribution is -2.49. The van der Waals surface area contributed by atoms with Crippen LogP contribution in [0, 0.1) is 0 Å². The minimum absolute atomic E-state index is 0.0255. The summed E-state index contributed by atoms with van der Waals surface area (Å²) in [6.07, 6.45) is 3.99. The Kier molecular flexibility index (Phi) is 5.23. The van der Waals surface area contributed by atoms with Gasteiger partial charge in [0.1, 0.15) is 0 Å². The second-order valence-electron chi connectivity index (χ2n) is 5.21. The molecular formula is C15H21ClN2O. The number of carbonyl (C=O) groups is 1. The molecule has 0 aromatic heterocycles. The molecule has 104 valence electrons. The van der Waals surface area contributed by atoms with Crippen LogP contribution in [0.5, 0.6) is 0 Å². The maximum atomic E-state index is 12.1. The zero-order valence-corrected chi connectivity index (χ0v) is 12.0. The Bertz CT molecular complexity index is 430. The second kappa shape index (κ2) is 6.92. The van der Waals surface area contributed by atoms with Gasteiger partial charge < -0.3 is 10.6 Å². The summed E-state index contributed by atoms with van der Waals surface area (Å²) in [6, 6.07) is 7.84. The van der Waals surface area contributed by atoms with Gasteiger partial charge in [-0.15, -0.1) is 0 Å². The van der Waals surface area contributed by atoms with Gasteiger partial charge >= 0.3 is 0 Å². The summed E-state index contributed by atoms with van der Waals surface area (Å²) in [5, 5.41) is 7.09. The fraction of sp³-hybridized carbons (Fsp3) is 0.533. The van der Waals surface area contributed by atoms with Gasteiger partial charge in [-0.2, -0.15) is 0 Å². The Morgan fingerprint density at radius 2 is 2.26 bits per heavy atom. The number of nitrogens with one attached hydrogen (secondary N) is 2. The normalized spacial score (nSPS) is 20.8. The van der Waals surface area contributed by atoms with E-state index in [-0.39, 0.29) is 18.0 Å². The standard InChI is InChI=1S/C15H21ClN2O/c1-11(10-12-6-2-3-7-13(12)16)18-15(19)14-8-4-5-9-17-14/h2-3,6-7,11,14,17H,4-5,8-10H2,1H3,(H,18,19). The smallest absolute Gasteiger partial charge is 0.237 e. The number of amides is 1. The van der Waals surface area contributed by atoms with Crippen LogP contribution in [-0.4, -0.2) is 24.5 Å². The van der Waals surface area contributed by atoms with Crippen molar-refractivity contribution in [3.63, 3.8) is 0 Å². The Hall–Kier alpha value is -1.06. The van der Waals surface area contributed by atoms with Gasteiger partial charge in [-0.25, -0.2) is 0 Å². The summed E-state index contributed by atoms with van der Waals surface area (Å²) in [5.41, 5.74) is 1.08. The van der Waals surface area contributed by atoms with E-state index in [4.69, 9.17) is 11.6 Å². The number of carbonyl (C=O) groups excluding carboxylic acids is 1. The number of benzene rings is 1. The van der Waals surface area contributed by atoms with Crippen LogP contribution in [0.1, 0.15) is 31.7 Å². The van der Waals surface area contributed by atoms with Crippen LogP contribution in [0.3, 0.4) is 0 Å². The molecule has 2 unspecified atom stereocenters. The molecule has 0 bridgehead atoms. The Labute approximate surface area is 119 Å². The van der Waals surface area contributed by atoms with Crippen molar-refractivity contribution in [2.24, 2.45) is 0 Å². The molecule has 2 N–H and O–H groups in total. The predicted octanol–water partition coefficient (Wildman–Crippen LogP) is 2.53. The van der Waals surface area contributed by atoms with E-state index in [9.17, 15) is 4.79 Å². The van der Waals surface area contributed by atoms with E-state index >= 15 is 0 Å². The summed E-state index contributed by atoms with van der Waals surface area (Å²) in [7, 11) is 0. The second-order valence-corrected chi connectivity index (χ2v) is 5.61. The highest BCUT2D eigenvalue weighted by atomic mass is 35.5. The molecule has 0 radical (unpaired) electrons. The van der Waals surface area contributed by atoms with Crippen molar-refractivity contribution in [3.05, 3.63) is 34.9 Å². The molecule has 1 fully saturated rings. The highest BCUT2D eigenvalue weighted by Gasteiger charge is 2.21. The van der Waals surface area contributed by atoms with Crippen LogP contribution in [0.2, 0.25) is 5.02 Å². The van der Waals surface area contributed by atoms with Crippen LogP contribution >= 0.6 is 11.6 Å². The minimum atomic E-state index is -0.0255. The van der Waals surface area contributed by atoms with E-state index in [2.05, 4.69) is 10.6 Å². The number of piperidine rings is 1. The Morgan fingerprint density at radius 3 is 2.95 bits per heavy atom. The van der Waals surface area contributed by atoms with Gasteiger partial charge in [-0.05, 0) is 44.4 Å². The molecule has 1 aliphatic rings. The van der Waals surface area contributed by atoms with E-state index in [1.54, 1.807) is 0 Å². The number of hydrogen-bond donors (Lipinski definition) is 2. The molecule has 1 saturated heterocycles. The molecule has 0 saturated carbocycles. The van der Waals surface area contributed by atoms with Gasteiger partial charge in [-0.3, -0.25) is 4.79 Å². The molecule has 4 heteroatoms. The summed E-state index contributed by atoms with van der Waals surface area (Å²) < 4.78 is 0. The minimum Gasteiger partial charge on any atom is -0.352 e. The molecular weight excluding hydrogens is 260 g/mol. The molecule has 3 nitrogen and oxygen atoms in total. The van der Waals surface area contributed by atoms with Crippen molar-refractivity contribution in [1.82, 2.24) is 10.6 Å². The first kappa shape index (κ1) is 14.4. The quantitative estimate of drug-likeness (QED) is 0.890. The third-order valence-electron chi connectivity index (χ3n) is 3.50. The lowest BCUT2D eigenvalue weighted by Gasteiger charge is -2.24. The average molecular weight is 281 g/mol. The van der Waals surface area contributed by atoms with Gasteiger partial charge in [0.2, 0.25) is 5.91 Å². The fourth-order valence-electron chi connectivity index (χ4n) is 2.46. The first-order chi connectivity index (χ1) is 9.16. The molecule has 19 heavy (non-hydrogen) atoms. The van der Waals surface area contributed by atoms with Crippen molar-refractivity contribution in [3.8, 4) is 0 Å². The zero-order chi connectivity index (χ0) is 13.7. The van der Waals surface area contributed by atoms with E-state index < -0.39 is 0 Å². The lowest BCUT2D eigenvalue weighted by atomic mass is 10.0. The molecule has 2 rings (SSSR count). The van der Waals surface area contributed by atoms with Crippen molar-refractivity contribution >= 4 is 17.5 Å². The number of halogens is 1. The third kappa shape index (κ3) is 4.22. The molecule has 1 amide bonds. The monoisotopic (exact) mass is 280 g/mol. The molecule has 1 heterocycles. The van der Waals surface area contributed by atoms with Crippen molar-refractivity contribution in [1.29, 1.82) is 0 Å². The number of hydrogen-bond acceptors (Lipinski definition) is 2. The Morgan fingerprint density at radius 1 is 1.47 bits per heavy atom. The van der Waals surface area contributed by atoms with Crippen LogP contribution < -0.4 is 10.6 Å². The predicted molar refractivity (Wildman–Crippen MR) is 78.4 cm³/mol. The van der Waals surface area contributed by atoms with Gasteiger partial charge in [0, 0.05) is 11.1 Å². The number of rotatable bonds is 4.